The lowest BCUT2D eigenvalue weighted by Gasteiger charge is -2.26. The monoisotopic (exact) mass is 554 g/mol. The van der Waals surface area contributed by atoms with E-state index in [1.54, 1.807) is 60.7 Å². The Bertz CT molecular complexity index is 1400. The summed E-state index contributed by atoms with van der Waals surface area (Å²) in [6.45, 7) is 2.71. The van der Waals surface area contributed by atoms with Gasteiger partial charge in [0.2, 0.25) is 0 Å². The molecule has 1 heterocycles. The molecule has 4 amide bonds. The molecule has 0 atom stereocenters. The van der Waals surface area contributed by atoms with Gasteiger partial charge in [0.1, 0.15) is 17.9 Å². The lowest BCUT2D eigenvalue weighted by molar-refractivity contribution is -0.122. The number of carbonyl (C=O) groups excluding carboxylic acids is 3. The number of carbonyl (C=O) groups is 3. The second-order valence-corrected chi connectivity index (χ2v) is 9.08. The standard InChI is InChI=1S/C28H24Cl2N2O6/c1-3-12-37-24-11-4-17(14-25(24)36-2)13-22-26(33)31-28(35)32(27(22)34)20-7-9-21(10-8-20)38-16-18-5-6-19(29)15-23(18)30/h4-11,13-15H,3,12,16H2,1-2H3,(H,31,33,35)/b22-13+. The average molecular weight is 555 g/mol. The zero-order valence-corrected chi connectivity index (χ0v) is 22.1. The minimum absolute atomic E-state index is 0.200. The van der Waals surface area contributed by atoms with Crippen molar-refractivity contribution in [2.75, 3.05) is 18.6 Å². The summed E-state index contributed by atoms with van der Waals surface area (Å²) in [5, 5.41) is 3.22. The molecule has 0 unspecified atom stereocenters. The minimum Gasteiger partial charge on any atom is -0.493 e. The molecule has 0 bridgehead atoms. The van der Waals surface area contributed by atoms with Gasteiger partial charge in [0, 0.05) is 15.6 Å². The van der Waals surface area contributed by atoms with Crippen LogP contribution in [0.5, 0.6) is 17.2 Å². The van der Waals surface area contributed by atoms with Crippen LogP contribution in [-0.4, -0.2) is 31.6 Å². The maximum atomic E-state index is 13.2. The third kappa shape index (κ3) is 6.10. The fraction of sp³-hybridized carbons (Fsp3) is 0.179. The van der Waals surface area contributed by atoms with E-state index in [1.165, 1.54) is 13.2 Å². The first-order valence-electron chi connectivity index (χ1n) is 11.7. The molecule has 0 spiro atoms. The quantitative estimate of drug-likeness (QED) is 0.256. The molecule has 3 aromatic rings. The van der Waals surface area contributed by atoms with Crippen LogP contribution in [0.2, 0.25) is 10.0 Å². The van der Waals surface area contributed by atoms with E-state index in [2.05, 4.69) is 5.32 Å². The molecule has 10 heteroatoms. The van der Waals surface area contributed by atoms with Gasteiger partial charge in [-0.25, -0.2) is 9.69 Å². The number of hydrogen-bond acceptors (Lipinski definition) is 6. The molecule has 0 aromatic heterocycles. The number of urea groups is 1. The van der Waals surface area contributed by atoms with E-state index in [0.29, 0.717) is 39.5 Å². The van der Waals surface area contributed by atoms with Gasteiger partial charge >= 0.3 is 6.03 Å². The predicted molar refractivity (Wildman–Crippen MR) is 145 cm³/mol. The Morgan fingerprint density at radius 3 is 2.37 bits per heavy atom. The molecule has 0 saturated carbocycles. The van der Waals surface area contributed by atoms with Gasteiger partial charge < -0.3 is 14.2 Å². The Balaban J connectivity index is 1.52. The molecule has 1 aliphatic rings. The van der Waals surface area contributed by atoms with Crippen LogP contribution in [0.25, 0.3) is 6.08 Å². The predicted octanol–water partition coefficient (Wildman–Crippen LogP) is 6.04. The van der Waals surface area contributed by atoms with Crippen molar-refractivity contribution in [3.05, 3.63) is 87.4 Å². The van der Waals surface area contributed by atoms with Crippen molar-refractivity contribution in [3.8, 4) is 17.2 Å². The first-order chi connectivity index (χ1) is 18.3. The fourth-order valence-electron chi connectivity index (χ4n) is 3.66. The van der Waals surface area contributed by atoms with Gasteiger partial charge in [-0.15, -0.1) is 0 Å². The largest absolute Gasteiger partial charge is 0.493 e. The van der Waals surface area contributed by atoms with E-state index in [4.69, 9.17) is 37.4 Å². The van der Waals surface area contributed by atoms with Crippen molar-refractivity contribution in [1.82, 2.24) is 5.32 Å². The molecule has 1 saturated heterocycles. The van der Waals surface area contributed by atoms with Gasteiger partial charge in [-0.3, -0.25) is 14.9 Å². The first kappa shape index (κ1) is 27.0. The number of ether oxygens (including phenoxy) is 3. The van der Waals surface area contributed by atoms with Gasteiger partial charge in [0.05, 0.1) is 19.4 Å². The molecule has 0 radical (unpaired) electrons. The highest BCUT2D eigenvalue weighted by Gasteiger charge is 2.36. The van der Waals surface area contributed by atoms with Crippen LogP contribution < -0.4 is 24.4 Å². The number of benzene rings is 3. The van der Waals surface area contributed by atoms with Crippen LogP contribution in [0.15, 0.2) is 66.2 Å². The van der Waals surface area contributed by atoms with Crippen LogP contribution in [0.4, 0.5) is 10.5 Å². The lowest BCUT2D eigenvalue weighted by Crippen LogP contribution is -2.54. The fourth-order valence-corrected chi connectivity index (χ4v) is 4.12. The zero-order valence-electron chi connectivity index (χ0n) is 20.6. The van der Waals surface area contributed by atoms with Crippen LogP contribution in [-0.2, 0) is 16.2 Å². The van der Waals surface area contributed by atoms with Gasteiger partial charge in [-0.05, 0) is 66.6 Å². The molecule has 4 rings (SSSR count). The molecular weight excluding hydrogens is 531 g/mol. The average Bonchev–Trinajstić information content (AvgIpc) is 2.90. The highest BCUT2D eigenvalue weighted by Crippen LogP contribution is 2.30. The van der Waals surface area contributed by atoms with Crippen LogP contribution in [0, 0.1) is 0 Å². The van der Waals surface area contributed by atoms with Crippen molar-refractivity contribution >= 4 is 52.8 Å². The molecule has 8 nitrogen and oxygen atoms in total. The Hall–Kier alpha value is -4.01. The normalized spacial score (nSPS) is 14.5. The first-order valence-corrected chi connectivity index (χ1v) is 12.5. The summed E-state index contributed by atoms with van der Waals surface area (Å²) < 4.78 is 16.8. The summed E-state index contributed by atoms with van der Waals surface area (Å²) in [7, 11) is 1.50. The van der Waals surface area contributed by atoms with E-state index in [9.17, 15) is 14.4 Å². The summed E-state index contributed by atoms with van der Waals surface area (Å²) in [5.74, 6) is -0.0471. The number of methoxy groups -OCH3 is 1. The molecule has 1 aliphatic heterocycles. The number of amides is 4. The SMILES string of the molecule is CCCOc1ccc(/C=C2\C(=O)NC(=O)N(c3ccc(OCc4ccc(Cl)cc4Cl)cc3)C2=O)cc1OC. The van der Waals surface area contributed by atoms with Crippen molar-refractivity contribution in [1.29, 1.82) is 0 Å². The number of anilines is 1. The Morgan fingerprint density at radius 2 is 1.68 bits per heavy atom. The molecule has 38 heavy (non-hydrogen) atoms. The van der Waals surface area contributed by atoms with Crippen molar-refractivity contribution in [2.45, 2.75) is 20.0 Å². The molecule has 1 fully saturated rings. The number of nitrogens with zero attached hydrogens (tertiary/aromatic N) is 1. The second kappa shape index (κ2) is 12.0. The van der Waals surface area contributed by atoms with Gasteiger partial charge in [-0.1, -0.05) is 42.3 Å². The van der Waals surface area contributed by atoms with Crippen LogP contribution >= 0.6 is 23.2 Å². The number of halogens is 2. The third-order valence-electron chi connectivity index (χ3n) is 5.57. The van der Waals surface area contributed by atoms with Gasteiger partial charge in [0.25, 0.3) is 11.8 Å². The summed E-state index contributed by atoms with van der Waals surface area (Å²) in [4.78, 5) is 39.2. The molecule has 3 aromatic carbocycles. The Labute approximate surface area is 229 Å². The molecule has 1 N–H and O–H groups in total. The molecular formula is C28H24Cl2N2O6. The van der Waals surface area contributed by atoms with E-state index >= 15 is 0 Å². The minimum atomic E-state index is -0.848. The molecule has 0 aliphatic carbocycles. The van der Waals surface area contributed by atoms with Crippen molar-refractivity contribution < 1.29 is 28.6 Å². The summed E-state index contributed by atoms with van der Waals surface area (Å²) in [6.07, 6.45) is 2.23. The van der Waals surface area contributed by atoms with Crippen molar-refractivity contribution in [3.63, 3.8) is 0 Å². The number of barbiturate groups is 1. The number of hydrogen-bond donors (Lipinski definition) is 1. The second-order valence-electron chi connectivity index (χ2n) is 8.23. The highest BCUT2D eigenvalue weighted by atomic mass is 35.5. The number of rotatable bonds is 9. The summed E-state index contributed by atoms with van der Waals surface area (Å²) in [5.41, 5.74) is 1.35. The highest BCUT2D eigenvalue weighted by molar-refractivity contribution is 6.39. The topological polar surface area (TPSA) is 94.2 Å². The van der Waals surface area contributed by atoms with E-state index in [1.807, 2.05) is 6.92 Å². The van der Waals surface area contributed by atoms with E-state index in [0.717, 1.165) is 16.9 Å². The van der Waals surface area contributed by atoms with Crippen molar-refractivity contribution in [2.24, 2.45) is 0 Å². The Morgan fingerprint density at radius 1 is 0.921 bits per heavy atom. The lowest BCUT2D eigenvalue weighted by atomic mass is 10.1. The zero-order chi connectivity index (χ0) is 27.2. The summed E-state index contributed by atoms with van der Waals surface area (Å²) >= 11 is 12.1. The van der Waals surface area contributed by atoms with E-state index in [-0.39, 0.29) is 17.9 Å². The van der Waals surface area contributed by atoms with E-state index < -0.39 is 17.8 Å². The number of imide groups is 2. The smallest absolute Gasteiger partial charge is 0.335 e. The summed E-state index contributed by atoms with van der Waals surface area (Å²) in [6, 6.07) is 15.6. The molecule has 196 valence electrons. The number of nitrogens with one attached hydrogen (secondary N) is 1. The Kier molecular flexibility index (Phi) is 8.55. The van der Waals surface area contributed by atoms with Gasteiger partial charge in [-0.2, -0.15) is 0 Å². The van der Waals surface area contributed by atoms with Gasteiger partial charge in [0.15, 0.2) is 11.5 Å². The third-order valence-corrected chi connectivity index (χ3v) is 6.15. The van der Waals surface area contributed by atoms with Crippen LogP contribution in [0.3, 0.4) is 0 Å². The van der Waals surface area contributed by atoms with Crippen LogP contribution in [0.1, 0.15) is 24.5 Å². The maximum Gasteiger partial charge on any atom is 0.335 e. The maximum absolute atomic E-state index is 13.2.